The Bertz CT molecular complexity index is 1620. The molecule has 0 saturated carbocycles. The second kappa shape index (κ2) is 11.1. The second-order valence-electron chi connectivity index (χ2n) is 11.0. The van der Waals surface area contributed by atoms with E-state index in [9.17, 15) is 14.8 Å². The van der Waals surface area contributed by atoms with Crippen LogP contribution >= 0.6 is 0 Å². The highest BCUT2D eigenvalue weighted by molar-refractivity contribution is 5.93. The quantitative estimate of drug-likeness (QED) is 0.350. The van der Waals surface area contributed by atoms with E-state index < -0.39 is 12.4 Å². The van der Waals surface area contributed by atoms with Crippen molar-refractivity contribution in [3.05, 3.63) is 59.9 Å². The highest BCUT2D eigenvalue weighted by atomic mass is 19.1. The molecule has 2 aliphatic rings. The fourth-order valence-corrected chi connectivity index (χ4v) is 5.85. The van der Waals surface area contributed by atoms with E-state index in [0.717, 1.165) is 36.3 Å². The number of methoxy groups -OCH3 is 1. The molecule has 4 aromatic rings. The third kappa shape index (κ3) is 5.12. The number of likely N-dealkylation sites (N-methyl/N-ethyl adjacent to an activating group) is 1. The maximum Gasteiger partial charge on any atom is 0.161 e. The molecular weight excluding hydrogens is 523 g/mol. The molecular formula is C31H33FN6O3. The molecule has 0 aliphatic carbocycles. The standard InChI is InChI=1S/C31H33FN6O3/c1-36(2)23-8-11-38(18-23)31(39)21-13-27(40-3)29(35-16-21)28-14-25-30(41-28)24(6-9-34-25)19-4-5-26(20(12-19)15-33)37-10-7-22(32)17-37/h4-6,9,12-14,16,22-23,31,39H,7-8,10-11,17-18H2,1-3H3/t22-,23+,31+/m0/s1. The van der Waals surface area contributed by atoms with Crippen LogP contribution in [0.5, 0.6) is 5.75 Å². The number of aliphatic hydroxyl groups excluding tert-OH is 1. The summed E-state index contributed by atoms with van der Waals surface area (Å²) in [7, 11) is 5.68. The Morgan fingerprint density at radius 2 is 2.00 bits per heavy atom. The lowest BCUT2D eigenvalue weighted by atomic mass is 10.0. The molecule has 2 fully saturated rings. The van der Waals surface area contributed by atoms with Crippen LogP contribution in [0.2, 0.25) is 0 Å². The van der Waals surface area contributed by atoms with E-state index in [1.165, 1.54) is 0 Å². The summed E-state index contributed by atoms with van der Waals surface area (Å²) in [6.07, 6.45) is 3.17. The lowest BCUT2D eigenvalue weighted by molar-refractivity contribution is 0.0146. The molecule has 0 amide bonds. The van der Waals surface area contributed by atoms with Gasteiger partial charge in [0.2, 0.25) is 0 Å². The Balaban J connectivity index is 1.31. The molecule has 1 N–H and O–H groups in total. The smallest absolute Gasteiger partial charge is 0.161 e. The number of fused-ring (bicyclic) bond motifs is 1. The molecule has 3 atom stereocenters. The topological polar surface area (TPSA) is 102 Å². The number of hydrogen-bond donors (Lipinski definition) is 1. The van der Waals surface area contributed by atoms with E-state index in [-0.39, 0.29) is 0 Å². The number of hydrogen-bond acceptors (Lipinski definition) is 9. The Morgan fingerprint density at radius 1 is 1.15 bits per heavy atom. The normalized spacial score (nSPS) is 20.2. The molecule has 3 aromatic heterocycles. The molecule has 41 heavy (non-hydrogen) atoms. The van der Waals surface area contributed by atoms with Crippen molar-refractivity contribution in [2.24, 2.45) is 0 Å². The SMILES string of the molecule is COc1cc([C@@H](O)N2CC[C@@H](N(C)C)C2)cnc1-c1cc2nccc(-c3ccc(N4CC[C@H](F)C4)c(C#N)c3)c2o1. The predicted octanol–water partition coefficient (Wildman–Crippen LogP) is 4.61. The van der Waals surface area contributed by atoms with Crippen LogP contribution < -0.4 is 9.64 Å². The first kappa shape index (κ1) is 27.1. The first-order valence-corrected chi connectivity index (χ1v) is 13.8. The van der Waals surface area contributed by atoms with Crippen LogP contribution in [-0.4, -0.2) is 84.5 Å². The zero-order valence-electron chi connectivity index (χ0n) is 23.4. The second-order valence-corrected chi connectivity index (χ2v) is 11.0. The number of furan rings is 1. The minimum atomic E-state index is -0.874. The van der Waals surface area contributed by atoms with E-state index in [2.05, 4.69) is 35.0 Å². The van der Waals surface area contributed by atoms with E-state index in [0.29, 0.717) is 65.0 Å². The molecule has 212 valence electrons. The van der Waals surface area contributed by atoms with Gasteiger partial charge >= 0.3 is 0 Å². The number of nitriles is 1. The zero-order chi connectivity index (χ0) is 28.7. The van der Waals surface area contributed by atoms with Gasteiger partial charge in [-0.25, -0.2) is 9.37 Å². The van der Waals surface area contributed by atoms with Crippen LogP contribution in [0.25, 0.3) is 33.7 Å². The van der Waals surface area contributed by atoms with Gasteiger partial charge in [0, 0.05) is 61.8 Å². The van der Waals surface area contributed by atoms with Gasteiger partial charge in [0.15, 0.2) is 11.3 Å². The first-order valence-electron chi connectivity index (χ1n) is 13.8. The minimum Gasteiger partial charge on any atom is -0.494 e. The van der Waals surface area contributed by atoms with Gasteiger partial charge in [0.05, 0.1) is 18.4 Å². The molecule has 2 saturated heterocycles. The lowest BCUT2D eigenvalue weighted by Gasteiger charge is -2.25. The number of aliphatic hydroxyl groups is 1. The molecule has 2 aliphatic heterocycles. The number of ether oxygens (including phenoxy) is 1. The Hall–Kier alpha value is -4.04. The third-order valence-corrected chi connectivity index (χ3v) is 8.21. The number of pyridine rings is 2. The van der Waals surface area contributed by atoms with E-state index in [1.807, 2.05) is 40.1 Å². The number of nitrogens with zero attached hydrogens (tertiary/aromatic N) is 6. The summed E-state index contributed by atoms with van der Waals surface area (Å²) < 4.78 is 25.8. The van der Waals surface area contributed by atoms with Gasteiger partial charge in [-0.1, -0.05) is 6.07 Å². The van der Waals surface area contributed by atoms with Crippen LogP contribution in [0.1, 0.15) is 30.2 Å². The van der Waals surface area contributed by atoms with Crippen LogP contribution in [-0.2, 0) is 0 Å². The average Bonchev–Trinajstić information content (AvgIpc) is 3.75. The van der Waals surface area contributed by atoms with E-state index >= 15 is 0 Å². The predicted molar refractivity (Wildman–Crippen MR) is 154 cm³/mol. The minimum absolute atomic E-state index is 0.300. The van der Waals surface area contributed by atoms with Gasteiger partial charge < -0.3 is 24.1 Å². The summed E-state index contributed by atoms with van der Waals surface area (Å²) in [6, 6.07) is 13.7. The Labute approximate surface area is 238 Å². The molecule has 0 radical (unpaired) electrons. The van der Waals surface area contributed by atoms with Gasteiger partial charge in [-0.15, -0.1) is 0 Å². The summed E-state index contributed by atoms with van der Waals surface area (Å²) in [5.41, 5.74) is 5.16. The van der Waals surface area contributed by atoms with Gasteiger partial charge in [-0.05, 0) is 56.8 Å². The number of anilines is 1. The molecule has 10 heteroatoms. The van der Waals surface area contributed by atoms with Crippen molar-refractivity contribution in [1.82, 2.24) is 19.8 Å². The Morgan fingerprint density at radius 3 is 2.71 bits per heavy atom. The zero-order valence-corrected chi connectivity index (χ0v) is 23.4. The van der Waals surface area contributed by atoms with Gasteiger partial charge in [-0.2, -0.15) is 5.26 Å². The van der Waals surface area contributed by atoms with E-state index in [4.69, 9.17) is 9.15 Å². The molecule has 1 aromatic carbocycles. The molecule has 0 spiro atoms. The van der Waals surface area contributed by atoms with Crippen molar-refractivity contribution in [2.45, 2.75) is 31.3 Å². The van der Waals surface area contributed by atoms with Crippen molar-refractivity contribution >= 4 is 16.8 Å². The van der Waals surface area contributed by atoms with Crippen molar-refractivity contribution in [1.29, 1.82) is 5.26 Å². The number of benzene rings is 1. The summed E-state index contributed by atoms with van der Waals surface area (Å²) in [5, 5.41) is 20.9. The first-order chi connectivity index (χ1) is 19.9. The molecule has 0 unspecified atom stereocenters. The summed E-state index contributed by atoms with van der Waals surface area (Å²) in [4.78, 5) is 15.3. The van der Waals surface area contributed by atoms with Gasteiger partial charge in [0.25, 0.3) is 0 Å². The van der Waals surface area contributed by atoms with Crippen molar-refractivity contribution in [3.8, 4) is 34.4 Å². The number of rotatable bonds is 7. The monoisotopic (exact) mass is 556 g/mol. The van der Waals surface area contributed by atoms with Crippen LogP contribution in [0.4, 0.5) is 10.1 Å². The molecule has 5 heterocycles. The largest absolute Gasteiger partial charge is 0.494 e. The summed E-state index contributed by atoms with van der Waals surface area (Å²) >= 11 is 0. The summed E-state index contributed by atoms with van der Waals surface area (Å²) in [5.74, 6) is 0.966. The maximum atomic E-state index is 13.8. The van der Waals surface area contributed by atoms with Crippen molar-refractivity contribution in [2.75, 3.05) is 52.3 Å². The molecule has 6 rings (SSSR count). The summed E-state index contributed by atoms with van der Waals surface area (Å²) in [6.45, 7) is 2.47. The highest BCUT2D eigenvalue weighted by Crippen LogP contribution is 2.38. The fourth-order valence-electron chi connectivity index (χ4n) is 5.85. The Kier molecular flexibility index (Phi) is 7.34. The van der Waals surface area contributed by atoms with Crippen molar-refractivity contribution in [3.63, 3.8) is 0 Å². The van der Waals surface area contributed by atoms with E-state index in [1.54, 1.807) is 25.6 Å². The average molecular weight is 557 g/mol. The number of likely N-dealkylation sites (tertiary alicyclic amines) is 1. The fraction of sp³-hybridized carbons (Fsp3) is 0.387. The van der Waals surface area contributed by atoms with Gasteiger partial charge in [-0.3, -0.25) is 9.88 Å². The number of aromatic nitrogens is 2. The highest BCUT2D eigenvalue weighted by Gasteiger charge is 2.30. The van der Waals surface area contributed by atoms with Crippen LogP contribution in [0.3, 0.4) is 0 Å². The van der Waals surface area contributed by atoms with Crippen LogP contribution in [0, 0.1) is 11.3 Å². The molecule has 0 bridgehead atoms. The number of alkyl halides is 1. The lowest BCUT2D eigenvalue weighted by Crippen LogP contribution is -2.33. The number of halogens is 1. The van der Waals surface area contributed by atoms with Crippen molar-refractivity contribution < 1.29 is 18.7 Å². The maximum absolute atomic E-state index is 13.8. The van der Waals surface area contributed by atoms with Gasteiger partial charge in [0.1, 0.15) is 35.4 Å². The van der Waals surface area contributed by atoms with Crippen LogP contribution in [0.15, 0.2) is 53.2 Å². The molecule has 9 nitrogen and oxygen atoms in total. The third-order valence-electron chi connectivity index (χ3n) is 8.21.